The molecule has 0 radical (unpaired) electrons. The number of carbonyl (C=O) groups is 2. The van der Waals surface area contributed by atoms with Crippen LogP contribution >= 0.6 is 0 Å². The van der Waals surface area contributed by atoms with Crippen LogP contribution in [0.15, 0.2) is 95.9 Å². The highest BCUT2D eigenvalue weighted by molar-refractivity contribution is 7.93. The van der Waals surface area contributed by atoms with E-state index in [2.05, 4.69) is 5.32 Å². The van der Waals surface area contributed by atoms with E-state index in [0.717, 1.165) is 53.1 Å². The van der Waals surface area contributed by atoms with Gasteiger partial charge in [0.05, 0.1) is 10.6 Å². The molecule has 1 heterocycles. The van der Waals surface area contributed by atoms with Gasteiger partial charge in [-0.15, -0.1) is 0 Å². The minimum absolute atomic E-state index is 0.116. The quantitative estimate of drug-likeness (QED) is 0.206. The Balaban J connectivity index is 1.25. The molecule has 0 unspecified atom stereocenters. The van der Waals surface area contributed by atoms with Crippen LogP contribution in [0.3, 0.4) is 0 Å². The van der Waals surface area contributed by atoms with E-state index in [1.807, 2.05) is 85.8 Å². The summed E-state index contributed by atoms with van der Waals surface area (Å²) in [5, 5.41) is 4.89. The van der Waals surface area contributed by atoms with Gasteiger partial charge in [0.1, 0.15) is 6.04 Å². The Bertz CT molecular complexity index is 1760. The van der Waals surface area contributed by atoms with Gasteiger partial charge in [-0.1, -0.05) is 104 Å². The number of hydrogen-bond donors (Lipinski definition) is 1. The molecule has 7 nitrogen and oxygen atoms in total. The van der Waals surface area contributed by atoms with E-state index in [1.54, 1.807) is 17.0 Å². The molecule has 45 heavy (non-hydrogen) atoms. The number of sulfonamides is 1. The van der Waals surface area contributed by atoms with Gasteiger partial charge in [-0.2, -0.15) is 0 Å². The van der Waals surface area contributed by atoms with Gasteiger partial charge in [-0.05, 0) is 54.8 Å². The molecule has 2 aliphatic rings. The molecule has 0 aromatic heterocycles. The number of nitrogens with zero attached hydrogens (tertiary/aromatic N) is 2. The molecule has 4 aromatic carbocycles. The van der Waals surface area contributed by atoms with Crippen LogP contribution in [0.1, 0.15) is 61.6 Å². The van der Waals surface area contributed by atoms with Gasteiger partial charge in [0.15, 0.2) is 0 Å². The molecule has 1 fully saturated rings. The van der Waals surface area contributed by atoms with E-state index in [4.69, 9.17) is 0 Å². The van der Waals surface area contributed by atoms with Gasteiger partial charge in [-0.3, -0.25) is 13.9 Å². The highest BCUT2D eigenvalue weighted by atomic mass is 32.2. The molecule has 0 saturated heterocycles. The fraction of sp³-hybridized carbons (Fsp3) is 0.351. The maximum Gasteiger partial charge on any atom is 0.265 e. The van der Waals surface area contributed by atoms with E-state index < -0.39 is 16.1 Å². The van der Waals surface area contributed by atoms with Crippen molar-refractivity contribution in [3.05, 3.63) is 108 Å². The van der Waals surface area contributed by atoms with Crippen molar-refractivity contribution < 1.29 is 18.0 Å². The molecule has 1 N–H and O–H groups in total. The lowest BCUT2D eigenvalue weighted by Gasteiger charge is -2.33. The molecular weight excluding hydrogens is 582 g/mol. The largest absolute Gasteiger partial charge is 0.352 e. The maximum absolute atomic E-state index is 14.2. The zero-order chi connectivity index (χ0) is 31.4. The summed E-state index contributed by atoms with van der Waals surface area (Å²) in [7, 11) is -3.71. The first kappa shape index (κ1) is 30.8. The number of aryl methyl sites for hydroxylation is 1. The SMILES string of the molecule is Cc1ccc(CN(C(=O)CCCN2c3cccc4cccc(c34)S2(=O)=O)[C@H](Cc2ccccc2)C(=O)NC2CCCCC2)cc1. The van der Waals surface area contributed by atoms with Crippen LogP contribution in [-0.2, 0) is 32.6 Å². The van der Waals surface area contributed by atoms with Crippen molar-refractivity contribution in [1.82, 2.24) is 10.2 Å². The Kier molecular flexibility index (Phi) is 9.21. The monoisotopic (exact) mass is 623 g/mol. The van der Waals surface area contributed by atoms with Gasteiger partial charge < -0.3 is 10.2 Å². The molecule has 0 bridgehead atoms. The summed E-state index contributed by atoms with van der Waals surface area (Å²) >= 11 is 0. The van der Waals surface area contributed by atoms with Crippen molar-refractivity contribution in [2.75, 3.05) is 10.8 Å². The van der Waals surface area contributed by atoms with E-state index in [-0.39, 0.29) is 30.8 Å². The Morgan fingerprint density at radius 1 is 0.867 bits per heavy atom. The van der Waals surface area contributed by atoms with Crippen molar-refractivity contribution in [2.24, 2.45) is 0 Å². The van der Waals surface area contributed by atoms with Crippen LogP contribution < -0.4 is 9.62 Å². The highest BCUT2D eigenvalue weighted by Crippen LogP contribution is 2.42. The minimum atomic E-state index is -3.71. The Labute approximate surface area is 266 Å². The standard InChI is InChI=1S/C37H41N3O4S/c1-27-20-22-29(23-21-27)26-39(33(25-28-11-4-2-5-12-28)37(42)38-31-15-6-3-7-16-31)35(41)19-10-24-40-32-17-8-13-30-14-9-18-34(36(30)32)45(40,43)44/h2,4-5,8-9,11-14,17-18,20-23,31,33H,3,6-7,10,15-16,19,24-26H2,1H3,(H,38,42)/t33-/m1/s1. The number of rotatable bonds is 11. The molecule has 1 aliphatic carbocycles. The summed E-state index contributed by atoms with van der Waals surface area (Å²) < 4.78 is 28.5. The van der Waals surface area contributed by atoms with E-state index in [0.29, 0.717) is 30.0 Å². The second-order valence-corrected chi connectivity index (χ2v) is 14.2. The van der Waals surface area contributed by atoms with Crippen LogP contribution in [-0.4, -0.2) is 43.8 Å². The van der Waals surface area contributed by atoms with E-state index in [9.17, 15) is 18.0 Å². The van der Waals surface area contributed by atoms with Gasteiger partial charge in [0, 0.05) is 37.4 Å². The van der Waals surface area contributed by atoms with Gasteiger partial charge in [0.2, 0.25) is 11.8 Å². The summed E-state index contributed by atoms with van der Waals surface area (Å²) in [5.41, 5.74) is 3.70. The molecule has 2 amide bonds. The van der Waals surface area contributed by atoms with Gasteiger partial charge >= 0.3 is 0 Å². The van der Waals surface area contributed by atoms with Gasteiger partial charge in [0.25, 0.3) is 10.0 Å². The Morgan fingerprint density at radius 2 is 1.58 bits per heavy atom. The molecule has 1 aliphatic heterocycles. The topological polar surface area (TPSA) is 86.8 Å². The second kappa shape index (κ2) is 13.4. The molecule has 234 valence electrons. The minimum Gasteiger partial charge on any atom is -0.352 e. The van der Waals surface area contributed by atoms with Crippen molar-refractivity contribution >= 4 is 38.3 Å². The molecule has 1 saturated carbocycles. The zero-order valence-corrected chi connectivity index (χ0v) is 26.6. The van der Waals surface area contributed by atoms with E-state index >= 15 is 0 Å². The van der Waals surface area contributed by atoms with Crippen molar-refractivity contribution in [3.63, 3.8) is 0 Å². The lowest BCUT2D eigenvalue weighted by molar-refractivity contribution is -0.141. The summed E-state index contributed by atoms with van der Waals surface area (Å²) in [4.78, 5) is 30.2. The molecule has 6 rings (SSSR count). The normalized spacial score (nSPS) is 16.4. The number of hydrogen-bond acceptors (Lipinski definition) is 4. The first-order valence-electron chi connectivity index (χ1n) is 16.0. The zero-order valence-electron chi connectivity index (χ0n) is 25.8. The number of anilines is 1. The predicted octanol–water partition coefficient (Wildman–Crippen LogP) is 6.53. The molecular formula is C37H41N3O4S. The summed E-state index contributed by atoms with van der Waals surface area (Å²) in [6.07, 6.45) is 6.12. The molecule has 0 spiro atoms. The fourth-order valence-electron chi connectivity index (χ4n) is 6.70. The van der Waals surface area contributed by atoms with Gasteiger partial charge in [-0.25, -0.2) is 8.42 Å². The van der Waals surface area contributed by atoms with Crippen molar-refractivity contribution in [2.45, 2.75) is 81.8 Å². The number of carbonyl (C=O) groups excluding carboxylic acids is 2. The Morgan fingerprint density at radius 3 is 2.31 bits per heavy atom. The third kappa shape index (κ3) is 6.76. The number of benzene rings is 4. The Hall–Kier alpha value is -4.17. The number of nitrogens with one attached hydrogen (secondary N) is 1. The molecule has 1 atom stereocenters. The summed E-state index contributed by atoms with van der Waals surface area (Å²) in [5.74, 6) is -0.293. The third-order valence-electron chi connectivity index (χ3n) is 9.13. The van der Waals surface area contributed by atoms with Crippen molar-refractivity contribution in [1.29, 1.82) is 0 Å². The summed E-state index contributed by atoms with van der Waals surface area (Å²) in [6, 6.07) is 28.2. The van der Waals surface area contributed by atoms with Crippen LogP contribution in [0.4, 0.5) is 5.69 Å². The average molecular weight is 624 g/mol. The molecule has 4 aromatic rings. The molecule has 8 heteroatoms. The van der Waals surface area contributed by atoms with Crippen molar-refractivity contribution in [3.8, 4) is 0 Å². The first-order valence-corrected chi connectivity index (χ1v) is 17.5. The maximum atomic E-state index is 14.2. The highest BCUT2D eigenvalue weighted by Gasteiger charge is 2.36. The third-order valence-corrected chi connectivity index (χ3v) is 11.0. The van der Waals surface area contributed by atoms with Crippen LogP contribution in [0.25, 0.3) is 10.8 Å². The predicted molar refractivity (Wildman–Crippen MR) is 178 cm³/mol. The average Bonchev–Trinajstić information content (AvgIpc) is 3.27. The van der Waals surface area contributed by atoms with E-state index in [1.165, 1.54) is 10.7 Å². The number of amides is 2. The first-order chi connectivity index (χ1) is 21.8. The lowest BCUT2D eigenvalue weighted by Crippen LogP contribution is -2.52. The second-order valence-electron chi connectivity index (χ2n) is 12.4. The van der Waals surface area contributed by atoms with Crippen LogP contribution in [0.5, 0.6) is 0 Å². The lowest BCUT2D eigenvalue weighted by atomic mass is 9.94. The fourth-order valence-corrected chi connectivity index (χ4v) is 8.45. The summed E-state index contributed by atoms with van der Waals surface area (Å²) in [6.45, 7) is 2.49. The van der Waals surface area contributed by atoms with Crippen LogP contribution in [0.2, 0.25) is 0 Å². The smallest absolute Gasteiger partial charge is 0.265 e. The van der Waals surface area contributed by atoms with Crippen LogP contribution in [0, 0.1) is 6.92 Å².